The van der Waals surface area contributed by atoms with Gasteiger partial charge < -0.3 is 5.32 Å². The van der Waals surface area contributed by atoms with Crippen LogP contribution in [0.3, 0.4) is 0 Å². The van der Waals surface area contributed by atoms with Crippen LogP contribution >= 0.6 is 0 Å². The molecule has 1 aromatic heterocycles. The third-order valence-electron chi connectivity index (χ3n) is 3.53. The Morgan fingerprint density at radius 1 is 1.16 bits per heavy atom. The summed E-state index contributed by atoms with van der Waals surface area (Å²) in [4.78, 5) is 2.47. The Labute approximate surface area is 113 Å². The van der Waals surface area contributed by atoms with Gasteiger partial charge in [-0.1, -0.05) is 30.3 Å². The van der Waals surface area contributed by atoms with Crippen LogP contribution in [-0.2, 0) is 6.54 Å². The van der Waals surface area contributed by atoms with E-state index < -0.39 is 0 Å². The summed E-state index contributed by atoms with van der Waals surface area (Å²) >= 11 is 0. The summed E-state index contributed by atoms with van der Waals surface area (Å²) in [6, 6.07) is 15.1. The lowest BCUT2D eigenvalue weighted by Crippen LogP contribution is -2.45. The summed E-state index contributed by atoms with van der Waals surface area (Å²) in [6.45, 7) is 3.92. The SMILES string of the molecule is c1ccc(C2CNCCN2Cc2cccnn2)cc1. The zero-order chi connectivity index (χ0) is 12.9. The molecule has 0 radical (unpaired) electrons. The monoisotopic (exact) mass is 254 g/mol. The highest BCUT2D eigenvalue weighted by molar-refractivity contribution is 5.20. The van der Waals surface area contributed by atoms with Crippen molar-refractivity contribution in [1.82, 2.24) is 20.4 Å². The van der Waals surface area contributed by atoms with Crippen LogP contribution < -0.4 is 5.32 Å². The van der Waals surface area contributed by atoms with Crippen molar-refractivity contribution < 1.29 is 0 Å². The lowest BCUT2D eigenvalue weighted by Gasteiger charge is -2.36. The van der Waals surface area contributed by atoms with Crippen molar-refractivity contribution in [1.29, 1.82) is 0 Å². The molecule has 0 saturated carbocycles. The largest absolute Gasteiger partial charge is 0.314 e. The molecule has 1 N–H and O–H groups in total. The predicted octanol–water partition coefficient (Wildman–Crippen LogP) is 1.62. The van der Waals surface area contributed by atoms with Crippen molar-refractivity contribution in [2.24, 2.45) is 0 Å². The third kappa shape index (κ3) is 2.97. The number of benzene rings is 1. The molecule has 0 amide bonds. The molecule has 3 rings (SSSR count). The Balaban J connectivity index is 1.78. The maximum atomic E-state index is 4.19. The summed E-state index contributed by atoms with van der Waals surface area (Å²) in [5, 5.41) is 11.6. The lowest BCUT2D eigenvalue weighted by molar-refractivity contribution is 0.151. The number of hydrogen-bond donors (Lipinski definition) is 1. The summed E-state index contributed by atoms with van der Waals surface area (Å²) < 4.78 is 0. The van der Waals surface area contributed by atoms with Crippen molar-refractivity contribution >= 4 is 0 Å². The van der Waals surface area contributed by atoms with Gasteiger partial charge in [0, 0.05) is 38.4 Å². The van der Waals surface area contributed by atoms with Gasteiger partial charge in [0.25, 0.3) is 0 Å². The first kappa shape index (κ1) is 12.3. The number of nitrogens with zero attached hydrogens (tertiary/aromatic N) is 3. The molecule has 0 bridgehead atoms. The van der Waals surface area contributed by atoms with Crippen LogP contribution in [0, 0.1) is 0 Å². The van der Waals surface area contributed by atoms with E-state index >= 15 is 0 Å². The maximum Gasteiger partial charge on any atom is 0.0771 e. The Bertz CT molecular complexity index is 500. The zero-order valence-electron chi connectivity index (χ0n) is 10.9. The molecule has 2 aromatic rings. The van der Waals surface area contributed by atoms with Crippen LogP contribution in [-0.4, -0.2) is 34.7 Å². The standard InChI is InChI=1S/C15H18N4/c1-2-5-13(6-3-1)15-11-16-9-10-19(15)12-14-7-4-8-17-18-14/h1-8,15-16H,9-12H2. The molecule has 4 nitrogen and oxygen atoms in total. The minimum atomic E-state index is 0.414. The fourth-order valence-electron chi connectivity index (χ4n) is 2.57. The van der Waals surface area contributed by atoms with Crippen LogP contribution in [0.2, 0.25) is 0 Å². The highest BCUT2D eigenvalue weighted by Gasteiger charge is 2.23. The van der Waals surface area contributed by atoms with Gasteiger partial charge >= 0.3 is 0 Å². The number of aromatic nitrogens is 2. The van der Waals surface area contributed by atoms with E-state index in [1.54, 1.807) is 6.20 Å². The van der Waals surface area contributed by atoms with Crippen LogP contribution in [0.4, 0.5) is 0 Å². The summed E-state index contributed by atoms with van der Waals surface area (Å²) in [5.74, 6) is 0. The van der Waals surface area contributed by atoms with Crippen LogP contribution in [0.5, 0.6) is 0 Å². The van der Waals surface area contributed by atoms with Crippen molar-refractivity contribution in [3.05, 3.63) is 59.9 Å². The van der Waals surface area contributed by atoms with Gasteiger partial charge in [-0.15, -0.1) is 0 Å². The molecule has 1 fully saturated rings. The van der Waals surface area contributed by atoms with Crippen LogP contribution in [0.25, 0.3) is 0 Å². The van der Waals surface area contributed by atoms with E-state index in [9.17, 15) is 0 Å². The Kier molecular flexibility index (Phi) is 3.81. The first-order valence-electron chi connectivity index (χ1n) is 6.70. The van der Waals surface area contributed by atoms with Crippen molar-refractivity contribution in [2.75, 3.05) is 19.6 Å². The van der Waals surface area contributed by atoms with Crippen molar-refractivity contribution in [3.8, 4) is 0 Å². The van der Waals surface area contributed by atoms with E-state index in [2.05, 4.69) is 50.7 Å². The fraction of sp³-hybridized carbons (Fsp3) is 0.333. The summed E-state index contributed by atoms with van der Waals surface area (Å²) in [5.41, 5.74) is 2.39. The van der Waals surface area contributed by atoms with Gasteiger partial charge in [-0.05, 0) is 17.7 Å². The third-order valence-corrected chi connectivity index (χ3v) is 3.53. The molecular formula is C15H18N4. The molecular weight excluding hydrogens is 236 g/mol. The topological polar surface area (TPSA) is 41.0 Å². The maximum absolute atomic E-state index is 4.19. The summed E-state index contributed by atoms with van der Waals surface area (Å²) in [6.07, 6.45) is 1.72. The molecule has 2 heterocycles. The first-order chi connectivity index (χ1) is 9.43. The van der Waals surface area contributed by atoms with E-state index in [1.807, 2.05) is 12.1 Å². The molecule has 1 atom stereocenters. The second kappa shape index (κ2) is 5.91. The zero-order valence-corrected chi connectivity index (χ0v) is 10.9. The van der Waals surface area contributed by atoms with Gasteiger partial charge in [0.05, 0.1) is 5.69 Å². The minimum absolute atomic E-state index is 0.414. The smallest absolute Gasteiger partial charge is 0.0771 e. The lowest BCUT2D eigenvalue weighted by atomic mass is 10.0. The van der Waals surface area contributed by atoms with Gasteiger partial charge in [-0.25, -0.2) is 0 Å². The molecule has 1 aliphatic rings. The molecule has 4 heteroatoms. The molecule has 1 aromatic carbocycles. The Morgan fingerprint density at radius 2 is 2.05 bits per heavy atom. The molecule has 1 aliphatic heterocycles. The molecule has 1 unspecified atom stereocenters. The van der Waals surface area contributed by atoms with Gasteiger partial charge in [-0.2, -0.15) is 10.2 Å². The van der Waals surface area contributed by atoms with E-state index in [-0.39, 0.29) is 0 Å². The molecule has 98 valence electrons. The molecule has 0 aliphatic carbocycles. The minimum Gasteiger partial charge on any atom is -0.314 e. The molecule has 0 spiro atoms. The van der Waals surface area contributed by atoms with Gasteiger partial charge in [0.2, 0.25) is 0 Å². The Morgan fingerprint density at radius 3 is 2.84 bits per heavy atom. The first-order valence-corrected chi connectivity index (χ1v) is 6.70. The highest BCUT2D eigenvalue weighted by atomic mass is 15.2. The normalized spacial score (nSPS) is 20.3. The van der Waals surface area contributed by atoms with Gasteiger partial charge in [0.15, 0.2) is 0 Å². The average molecular weight is 254 g/mol. The molecule has 1 saturated heterocycles. The molecule has 19 heavy (non-hydrogen) atoms. The van der Waals surface area contributed by atoms with Crippen LogP contribution in [0.1, 0.15) is 17.3 Å². The number of hydrogen-bond acceptors (Lipinski definition) is 4. The van der Waals surface area contributed by atoms with E-state index in [1.165, 1.54) is 5.56 Å². The second-order valence-electron chi connectivity index (χ2n) is 4.82. The number of piperazine rings is 1. The summed E-state index contributed by atoms with van der Waals surface area (Å²) in [7, 11) is 0. The predicted molar refractivity (Wildman–Crippen MR) is 74.5 cm³/mol. The Hall–Kier alpha value is -1.78. The highest BCUT2D eigenvalue weighted by Crippen LogP contribution is 2.23. The number of nitrogens with one attached hydrogen (secondary N) is 1. The van der Waals surface area contributed by atoms with Gasteiger partial charge in [0.1, 0.15) is 0 Å². The quantitative estimate of drug-likeness (QED) is 0.903. The van der Waals surface area contributed by atoms with Gasteiger partial charge in [-0.3, -0.25) is 4.90 Å². The van der Waals surface area contributed by atoms with Crippen LogP contribution in [0.15, 0.2) is 48.7 Å². The average Bonchev–Trinajstić information content (AvgIpc) is 2.50. The van der Waals surface area contributed by atoms with Crippen molar-refractivity contribution in [2.45, 2.75) is 12.6 Å². The van der Waals surface area contributed by atoms with Crippen molar-refractivity contribution in [3.63, 3.8) is 0 Å². The fourth-order valence-corrected chi connectivity index (χ4v) is 2.57. The van der Waals surface area contributed by atoms with E-state index in [0.717, 1.165) is 31.9 Å². The van der Waals surface area contributed by atoms with E-state index in [0.29, 0.717) is 6.04 Å². The van der Waals surface area contributed by atoms with E-state index in [4.69, 9.17) is 0 Å². The second-order valence-corrected chi connectivity index (χ2v) is 4.82. The number of rotatable bonds is 3.